The second kappa shape index (κ2) is 10.1. The van der Waals surface area contributed by atoms with Gasteiger partial charge in [-0.1, -0.05) is 17.7 Å². The van der Waals surface area contributed by atoms with Crippen LogP contribution in [0.1, 0.15) is 56.6 Å². The summed E-state index contributed by atoms with van der Waals surface area (Å²) in [6.45, 7) is 3.64. The molecule has 3 aromatic heterocycles. The van der Waals surface area contributed by atoms with Gasteiger partial charge in [0.25, 0.3) is 11.5 Å². The monoisotopic (exact) mass is 541 g/mol. The summed E-state index contributed by atoms with van der Waals surface area (Å²) in [5.74, 6) is -0.947. The summed E-state index contributed by atoms with van der Waals surface area (Å²) in [6, 6.07) is 12.1. The van der Waals surface area contributed by atoms with Gasteiger partial charge in [0.05, 0.1) is 22.5 Å². The summed E-state index contributed by atoms with van der Waals surface area (Å²) >= 11 is 6.67. The van der Waals surface area contributed by atoms with E-state index in [1.54, 1.807) is 44.7 Å². The maximum Gasteiger partial charge on any atom is 0.274 e. The van der Waals surface area contributed by atoms with E-state index in [1.165, 1.54) is 21.7 Å². The number of carbonyl (C=O) groups is 1. The number of aryl methyl sites for hydroxylation is 2. The molecule has 0 spiro atoms. The topological polar surface area (TPSA) is 91.9 Å². The summed E-state index contributed by atoms with van der Waals surface area (Å²) in [6.07, 6.45) is 5.64. The average molecular weight is 542 g/mol. The van der Waals surface area contributed by atoms with Crippen molar-refractivity contribution in [2.24, 2.45) is 0 Å². The number of nitrogens with zero attached hydrogens (tertiary/aromatic N) is 5. The first-order chi connectivity index (χ1) is 18.6. The van der Waals surface area contributed by atoms with Crippen LogP contribution in [0.5, 0.6) is 0 Å². The van der Waals surface area contributed by atoms with Crippen molar-refractivity contribution in [2.45, 2.75) is 32.1 Å². The molecule has 9 heteroatoms. The van der Waals surface area contributed by atoms with Gasteiger partial charge in [0, 0.05) is 43.9 Å². The van der Waals surface area contributed by atoms with E-state index in [9.17, 15) is 14.9 Å². The molecular formula is C30H25ClFN5O2. The average Bonchev–Trinajstić information content (AvgIpc) is 3.72. The highest BCUT2D eigenvalue weighted by Gasteiger charge is 2.42. The molecule has 0 N–H and O–H groups in total. The molecule has 1 aromatic carbocycles. The zero-order valence-electron chi connectivity index (χ0n) is 21.9. The summed E-state index contributed by atoms with van der Waals surface area (Å²) in [5.41, 5.74) is 4.12. The smallest absolute Gasteiger partial charge is 0.274 e. The first kappa shape index (κ1) is 26.3. The van der Waals surface area contributed by atoms with Gasteiger partial charge >= 0.3 is 0 Å². The number of carbonyl (C=O) groups excluding carboxylic acids is 1. The number of hydrogen-bond acceptors (Lipinski definition) is 5. The molecule has 1 saturated carbocycles. The predicted molar refractivity (Wildman–Crippen MR) is 147 cm³/mol. The molecule has 4 aromatic rings. The maximum absolute atomic E-state index is 15.4. The lowest BCUT2D eigenvalue weighted by atomic mass is 10.0. The molecule has 0 bridgehead atoms. The van der Waals surface area contributed by atoms with E-state index < -0.39 is 11.7 Å². The van der Waals surface area contributed by atoms with Crippen molar-refractivity contribution in [1.82, 2.24) is 19.4 Å². The molecule has 0 radical (unpaired) electrons. The number of nitriles is 1. The number of amides is 1. The van der Waals surface area contributed by atoms with E-state index in [0.29, 0.717) is 28.2 Å². The molecule has 1 aliphatic rings. The minimum Gasteiger partial charge on any atom is -0.345 e. The molecule has 2 atom stereocenters. The van der Waals surface area contributed by atoms with Crippen molar-refractivity contribution in [2.75, 3.05) is 14.1 Å². The summed E-state index contributed by atoms with van der Waals surface area (Å²) in [5, 5.41) is 9.32. The van der Waals surface area contributed by atoms with Crippen molar-refractivity contribution in [1.29, 1.82) is 5.26 Å². The Bertz CT molecular complexity index is 1740. The fourth-order valence-electron chi connectivity index (χ4n) is 4.97. The van der Waals surface area contributed by atoms with Gasteiger partial charge in [-0.2, -0.15) is 5.26 Å². The lowest BCUT2D eigenvalue weighted by Crippen LogP contribution is -2.23. The fourth-order valence-corrected chi connectivity index (χ4v) is 5.25. The van der Waals surface area contributed by atoms with Crippen LogP contribution >= 0.6 is 11.6 Å². The molecule has 0 saturated heterocycles. The zero-order chi connectivity index (χ0) is 28.0. The Balaban J connectivity index is 1.55. The second-order valence-corrected chi connectivity index (χ2v) is 10.4. The van der Waals surface area contributed by atoms with E-state index in [4.69, 9.17) is 11.6 Å². The highest BCUT2D eigenvalue weighted by molar-refractivity contribution is 6.31. The number of pyridine rings is 3. The predicted octanol–water partition coefficient (Wildman–Crippen LogP) is 5.55. The molecule has 1 aliphatic carbocycles. The van der Waals surface area contributed by atoms with Gasteiger partial charge in [-0.25, -0.2) is 4.39 Å². The van der Waals surface area contributed by atoms with Crippen LogP contribution in [0.25, 0.3) is 16.9 Å². The van der Waals surface area contributed by atoms with Crippen LogP contribution in [0.2, 0.25) is 5.02 Å². The highest BCUT2D eigenvalue weighted by Crippen LogP contribution is 2.55. The first-order valence-electron chi connectivity index (χ1n) is 12.4. The third-order valence-corrected chi connectivity index (χ3v) is 7.47. The molecule has 7 nitrogen and oxygen atoms in total. The largest absolute Gasteiger partial charge is 0.345 e. The molecule has 39 heavy (non-hydrogen) atoms. The van der Waals surface area contributed by atoms with E-state index >= 15 is 4.39 Å². The van der Waals surface area contributed by atoms with Crippen LogP contribution in [0.15, 0.2) is 59.8 Å². The number of benzene rings is 1. The van der Waals surface area contributed by atoms with Crippen LogP contribution in [0.3, 0.4) is 0 Å². The van der Waals surface area contributed by atoms with Crippen LogP contribution in [-0.2, 0) is 0 Å². The van der Waals surface area contributed by atoms with Crippen molar-refractivity contribution in [3.8, 4) is 23.0 Å². The fraction of sp³-hybridized carbons (Fsp3) is 0.233. The Labute approximate surface area is 230 Å². The minimum absolute atomic E-state index is 0.0504. The van der Waals surface area contributed by atoms with E-state index in [-0.39, 0.29) is 33.5 Å². The Hall–Kier alpha value is -4.35. The molecule has 0 aliphatic heterocycles. The van der Waals surface area contributed by atoms with Gasteiger partial charge in [-0.15, -0.1) is 0 Å². The maximum atomic E-state index is 15.4. The molecule has 1 amide bonds. The van der Waals surface area contributed by atoms with Crippen LogP contribution in [0, 0.1) is 31.0 Å². The Kier molecular flexibility index (Phi) is 6.79. The van der Waals surface area contributed by atoms with E-state index in [0.717, 1.165) is 17.5 Å². The van der Waals surface area contributed by atoms with Crippen molar-refractivity contribution >= 4 is 17.5 Å². The lowest BCUT2D eigenvalue weighted by Gasteiger charge is -2.17. The van der Waals surface area contributed by atoms with Gasteiger partial charge < -0.3 is 4.90 Å². The lowest BCUT2D eigenvalue weighted by molar-refractivity contribution is 0.0823. The molecule has 3 heterocycles. The standard InChI is InChI=1S/C30H25ClFN5O2/c1-16-13-35-25(20-6-5-7-21(28(20)32)29(38)36(3)4)11-26(16)37-17(2)8-24(27(31)30(37)39)23-10-22(23)19-9-18(12-33)14-34-15-19/h5-9,11,13-15,22-23H,10H2,1-4H3/t22-,23+/m1/s1. The van der Waals surface area contributed by atoms with Crippen LogP contribution in [-0.4, -0.2) is 39.4 Å². The van der Waals surface area contributed by atoms with Gasteiger partial charge in [0.2, 0.25) is 0 Å². The third kappa shape index (κ3) is 4.70. The highest BCUT2D eigenvalue weighted by atomic mass is 35.5. The molecule has 0 unspecified atom stereocenters. The quantitative estimate of drug-likeness (QED) is 0.330. The van der Waals surface area contributed by atoms with E-state index in [1.807, 2.05) is 26.0 Å². The molecule has 196 valence electrons. The molecule has 1 fully saturated rings. The zero-order valence-corrected chi connectivity index (χ0v) is 22.6. The number of halogens is 2. The molecular weight excluding hydrogens is 517 g/mol. The Morgan fingerprint density at radius 2 is 1.92 bits per heavy atom. The van der Waals surface area contributed by atoms with Crippen molar-refractivity contribution in [3.05, 3.63) is 110 Å². The summed E-state index contributed by atoms with van der Waals surface area (Å²) < 4.78 is 16.9. The Morgan fingerprint density at radius 3 is 2.64 bits per heavy atom. The SMILES string of the molecule is Cc1cnc(-c2cccc(C(=O)N(C)C)c2F)cc1-n1c(C)cc([C@H]2C[C@@H]2c2cncc(C#N)c2)c(Cl)c1=O. The number of hydrogen-bond donors (Lipinski definition) is 0. The molecule has 5 rings (SSSR count). The second-order valence-electron chi connectivity index (χ2n) is 9.99. The Morgan fingerprint density at radius 1 is 1.15 bits per heavy atom. The summed E-state index contributed by atoms with van der Waals surface area (Å²) in [4.78, 5) is 35.9. The van der Waals surface area contributed by atoms with Gasteiger partial charge in [0.1, 0.15) is 16.9 Å². The van der Waals surface area contributed by atoms with Gasteiger partial charge in [-0.3, -0.25) is 24.1 Å². The van der Waals surface area contributed by atoms with E-state index in [2.05, 4.69) is 16.0 Å². The number of rotatable bonds is 5. The van der Waals surface area contributed by atoms with Crippen LogP contribution in [0.4, 0.5) is 4.39 Å². The third-order valence-electron chi connectivity index (χ3n) is 7.09. The number of aromatic nitrogens is 3. The normalized spacial score (nSPS) is 16.0. The van der Waals surface area contributed by atoms with Gasteiger partial charge in [0.15, 0.2) is 0 Å². The van der Waals surface area contributed by atoms with Crippen LogP contribution < -0.4 is 5.56 Å². The van der Waals surface area contributed by atoms with Gasteiger partial charge in [-0.05, 0) is 79.1 Å². The minimum atomic E-state index is -0.675. The van der Waals surface area contributed by atoms with Crippen molar-refractivity contribution < 1.29 is 9.18 Å². The van der Waals surface area contributed by atoms with Crippen molar-refractivity contribution in [3.63, 3.8) is 0 Å². The first-order valence-corrected chi connectivity index (χ1v) is 12.7. The summed E-state index contributed by atoms with van der Waals surface area (Å²) in [7, 11) is 3.12.